The molecule has 1 amide bonds. The number of hydrogen-bond acceptors (Lipinski definition) is 3. The van der Waals surface area contributed by atoms with Crippen LogP contribution in [0.5, 0.6) is 0 Å². The van der Waals surface area contributed by atoms with Crippen molar-refractivity contribution in [1.82, 2.24) is 19.9 Å². The minimum absolute atomic E-state index is 0.126. The second-order valence-electron chi connectivity index (χ2n) is 8.06. The molecule has 2 aromatic heterocycles. The Morgan fingerprint density at radius 3 is 2.65 bits per heavy atom. The van der Waals surface area contributed by atoms with Gasteiger partial charge in [-0.05, 0) is 61.1 Å². The average Bonchev–Trinajstić information content (AvgIpc) is 3.54. The largest absolute Gasteiger partial charge is 0.361 e. The standard InChI is InChI=1S/C25H23FN4O/c26-20-9-7-18(8-10-20)23-24(28-13-12-27-23)25(31)30(16-17-5-6-17)14-11-19-15-29-22-4-2-1-3-21(19)22/h1-4,7-10,12-13,15,17,29H,5-6,11,14,16H2. The van der Waals surface area contributed by atoms with Gasteiger partial charge < -0.3 is 9.88 Å². The molecule has 0 bridgehead atoms. The van der Waals surface area contributed by atoms with E-state index in [9.17, 15) is 9.18 Å². The number of nitrogens with one attached hydrogen (secondary N) is 1. The molecule has 6 heteroatoms. The van der Waals surface area contributed by atoms with E-state index >= 15 is 0 Å². The number of rotatable bonds is 7. The van der Waals surface area contributed by atoms with Gasteiger partial charge in [-0.2, -0.15) is 0 Å². The molecule has 1 aliphatic rings. The van der Waals surface area contributed by atoms with Crippen LogP contribution in [0, 0.1) is 11.7 Å². The Balaban J connectivity index is 1.41. The first-order chi connectivity index (χ1) is 15.2. The first kappa shape index (κ1) is 19.4. The van der Waals surface area contributed by atoms with Gasteiger partial charge in [-0.25, -0.2) is 9.37 Å². The van der Waals surface area contributed by atoms with Crippen LogP contribution in [0.3, 0.4) is 0 Å². The molecule has 0 radical (unpaired) electrons. The molecule has 0 aliphatic heterocycles. The van der Waals surface area contributed by atoms with Gasteiger partial charge in [-0.1, -0.05) is 18.2 Å². The normalized spacial score (nSPS) is 13.5. The molecule has 156 valence electrons. The van der Waals surface area contributed by atoms with E-state index in [1.165, 1.54) is 29.3 Å². The first-order valence-corrected chi connectivity index (χ1v) is 10.6. The van der Waals surface area contributed by atoms with Crippen molar-refractivity contribution in [3.8, 4) is 11.3 Å². The number of nitrogens with zero attached hydrogens (tertiary/aromatic N) is 3. The van der Waals surface area contributed by atoms with E-state index in [0.29, 0.717) is 29.4 Å². The average molecular weight is 414 g/mol. The number of amides is 1. The number of benzene rings is 2. The zero-order valence-electron chi connectivity index (χ0n) is 17.1. The van der Waals surface area contributed by atoms with Crippen LogP contribution >= 0.6 is 0 Å². The van der Waals surface area contributed by atoms with E-state index in [1.807, 2.05) is 23.2 Å². The highest BCUT2D eigenvalue weighted by atomic mass is 19.1. The molecule has 2 aromatic carbocycles. The Hall–Kier alpha value is -3.54. The highest BCUT2D eigenvalue weighted by molar-refractivity contribution is 5.98. The summed E-state index contributed by atoms with van der Waals surface area (Å²) in [5.41, 5.74) is 3.78. The number of para-hydroxylation sites is 1. The molecule has 0 spiro atoms. The van der Waals surface area contributed by atoms with Gasteiger partial charge in [0.2, 0.25) is 0 Å². The third-order valence-corrected chi connectivity index (χ3v) is 5.81. The quantitative estimate of drug-likeness (QED) is 0.470. The second-order valence-corrected chi connectivity index (χ2v) is 8.06. The maximum Gasteiger partial charge on any atom is 0.274 e. The van der Waals surface area contributed by atoms with Crippen LogP contribution in [0.25, 0.3) is 22.2 Å². The summed E-state index contributed by atoms with van der Waals surface area (Å²) in [6.45, 7) is 1.33. The molecule has 1 fully saturated rings. The van der Waals surface area contributed by atoms with Crippen molar-refractivity contribution in [1.29, 1.82) is 0 Å². The van der Waals surface area contributed by atoms with Crippen LogP contribution in [-0.2, 0) is 6.42 Å². The van der Waals surface area contributed by atoms with E-state index in [4.69, 9.17) is 0 Å². The third-order valence-electron chi connectivity index (χ3n) is 5.81. The van der Waals surface area contributed by atoms with Crippen molar-refractivity contribution >= 4 is 16.8 Å². The lowest BCUT2D eigenvalue weighted by Crippen LogP contribution is -2.35. The fraction of sp³-hybridized carbons (Fsp3) is 0.240. The Labute approximate surface area is 180 Å². The number of fused-ring (bicyclic) bond motifs is 1. The summed E-state index contributed by atoms with van der Waals surface area (Å²) in [5, 5.41) is 1.19. The molecule has 2 heterocycles. The predicted molar refractivity (Wildman–Crippen MR) is 118 cm³/mol. The molecular formula is C25H23FN4O. The summed E-state index contributed by atoms with van der Waals surface area (Å²) < 4.78 is 13.4. The first-order valence-electron chi connectivity index (χ1n) is 10.6. The molecule has 0 unspecified atom stereocenters. The lowest BCUT2D eigenvalue weighted by Gasteiger charge is -2.23. The lowest BCUT2D eigenvalue weighted by atomic mass is 10.1. The van der Waals surface area contributed by atoms with Crippen molar-refractivity contribution in [2.75, 3.05) is 13.1 Å². The van der Waals surface area contributed by atoms with Crippen LogP contribution in [0.4, 0.5) is 4.39 Å². The van der Waals surface area contributed by atoms with Crippen molar-refractivity contribution in [2.24, 2.45) is 5.92 Å². The highest BCUT2D eigenvalue weighted by Crippen LogP contribution is 2.31. The molecular weight excluding hydrogens is 391 g/mol. The van der Waals surface area contributed by atoms with E-state index in [2.05, 4.69) is 27.1 Å². The van der Waals surface area contributed by atoms with Crippen LogP contribution in [0.2, 0.25) is 0 Å². The third kappa shape index (κ3) is 4.19. The minimum atomic E-state index is -0.324. The monoisotopic (exact) mass is 414 g/mol. The van der Waals surface area contributed by atoms with Gasteiger partial charge in [0.15, 0.2) is 5.69 Å². The maximum atomic E-state index is 13.5. The van der Waals surface area contributed by atoms with Gasteiger partial charge >= 0.3 is 0 Å². The molecule has 1 aliphatic carbocycles. The summed E-state index contributed by atoms with van der Waals surface area (Å²) in [5.74, 6) is 0.103. The fourth-order valence-corrected chi connectivity index (χ4v) is 3.95. The van der Waals surface area contributed by atoms with Crippen LogP contribution < -0.4 is 0 Å². The van der Waals surface area contributed by atoms with Crippen molar-refractivity contribution in [3.63, 3.8) is 0 Å². The Kier molecular flexibility index (Phi) is 5.20. The number of aromatic nitrogens is 3. The van der Waals surface area contributed by atoms with Crippen LogP contribution in [0.15, 0.2) is 67.1 Å². The van der Waals surface area contributed by atoms with Gasteiger partial charge in [0.1, 0.15) is 11.5 Å². The van der Waals surface area contributed by atoms with E-state index in [0.717, 1.165) is 31.3 Å². The van der Waals surface area contributed by atoms with Crippen molar-refractivity contribution in [3.05, 3.63) is 84.2 Å². The molecule has 1 N–H and O–H groups in total. The predicted octanol–water partition coefficient (Wildman–Crippen LogP) is 4.86. The van der Waals surface area contributed by atoms with E-state index < -0.39 is 0 Å². The van der Waals surface area contributed by atoms with Gasteiger partial charge in [0.25, 0.3) is 5.91 Å². The maximum absolute atomic E-state index is 13.5. The Bertz CT molecular complexity index is 1210. The highest BCUT2D eigenvalue weighted by Gasteiger charge is 2.29. The molecule has 31 heavy (non-hydrogen) atoms. The van der Waals surface area contributed by atoms with E-state index in [1.54, 1.807) is 18.3 Å². The summed E-state index contributed by atoms with van der Waals surface area (Å²) in [6, 6.07) is 14.2. The molecule has 5 nitrogen and oxygen atoms in total. The summed E-state index contributed by atoms with van der Waals surface area (Å²) in [7, 11) is 0. The summed E-state index contributed by atoms with van der Waals surface area (Å²) in [6.07, 6.45) is 8.19. The van der Waals surface area contributed by atoms with Gasteiger partial charge in [-0.3, -0.25) is 9.78 Å². The number of carbonyl (C=O) groups excluding carboxylic acids is 1. The van der Waals surface area contributed by atoms with Crippen LogP contribution in [-0.4, -0.2) is 38.8 Å². The topological polar surface area (TPSA) is 61.9 Å². The molecule has 5 rings (SSSR count). The second kappa shape index (κ2) is 8.30. The summed E-state index contributed by atoms with van der Waals surface area (Å²) >= 11 is 0. The van der Waals surface area contributed by atoms with Gasteiger partial charge in [0.05, 0.1) is 0 Å². The number of aromatic amines is 1. The number of halogens is 1. The fourth-order valence-electron chi connectivity index (χ4n) is 3.95. The molecule has 1 saturated carbocycles. The number of H-pyrrole nitrogens is 1. The van der Waals surface area contributed by atoms with Crippen LogP contribution in [0.1, 0.15) is 28.9 Å². The van der Waals surface area contributed by atoms with Gasteiger partial charge in [-0.15, -0.1) is 0 Å². The number of hydrogen-bond donors (Lipinski definition) is 1. The van der Waals surface area contributed by atoms with Gasteiger partial charge in [0, 0.05) is 48.1 Å². The zero-order valence-corrected chi connectivity index (χ0v) is 17.1. The minimum Gasteiger partial charge on any atom is -0.361 e. The SMILES string of the molecule is O=C(c1nccnc1-c1ccc(F)cc1)N(CCc1c[nH]c2ccccc12)CC1CC1. The van der Waals surface area contributed by atoms with Crippen molar-refractivity contribution in [2.45, 2.75) is 19.3 Å². The molecule has 0 saturated heterocycles. The Morgan fingerprint density at radius 2 is 1.84 bits per heavy atom. The lowest BCUT2D eigenvalue weighted by molar-refractivity contribution is 0.0744. The number of carbonyl (C=O) groups is 1. The van der Waals surface area contributed by atoms with E-state index in [-0.39, 0.29) is 11.7 Å². The van der Waals surface area contributed by atoms with Crippen molar-refractivity contribution < 1.29 is 9.18 Å². The Morgan fingerprint density at radius 1 is 1.06 bits per heavy atom. The molecule has 0 atom stereocenters. The summed E-state index contributed by atoms with van der Waals surface area (Å²) in [4.78, 5) is 27.5. The smallest absolute Gasteiger partial charge is 0.274 e. The molecule has 4 aromatic rings. The zero-order chi connectivity index (χ0) is 21.2.